The number of hydrogen-bond acceptors (Lipinski definition) is 18. The summed E-state index contributed by atoms with van der Waals surface area (Å²) in [5.74, 6) is -6.68. The van der Waals surface area contributed by atoms with Crippen LogP contribution in [0.1, 0.15) is 57.0 Å². The van der Waals surface area contributed by atoms with Gasteiger partial charge in [0, 0.05) is 14.0 Å². The van der Waals surface area contributed by atoms with Crippen molar-refractivity contribution in [2.45, 2.75) is 139 Å². The highest BCUT2D eigenvalue weighted by Gasteiger charge is 2.62. The number of ether oxygens (including phenoxy) is 17. The first kappa shape index (κ1) is 74.5. The molecular weight excluding hydrogens is 1310 g/mol. The Labute approximate surface area is 603 Å². The third-order valence-corrected chi connectivity index (χ3v) is 18.3. The molecule has 0 amide bonds. The van der Waals surface area contributed by atoms with Gasteiger partial charge in [0.15, 0.2) is 0 Å². The van der Waals surface area contributed by atoms with Gasteiger partial charge in [0.1, 0.15) is 81.5 Å². The summed E-state index contributed by atoms with van der Waals surface area (Å²) in [4.78, 5) is 13.6. The smallest absolute Gasteiger partial charge is 0.302 e. The largest absolute Gasteiger partial charge is 0.460 e. The molecule has 103 heavy (non-hydrogen) atoms. The van der Waals surface area contributed by atoms with E-state index in [1.807, 2.05) is 273 Å². The zero-order chi connectivity index (χ0) is 70.6. The molecule has 3 aliphatic rings. The lowest BCUT2D eigenvalue weighted by Crippen LogP contribution is -2.71. The Balaban J connectivity index is 1.00. The molecule has 3 saturated heterocycles. The minimum Gasteiger partial charge on any atom is -0.460 e. The maximum atomic E-state index is 13.6. The summed E-state index contributed by atoms with van der Waals surface area (Å²) >= 11 is 0. The van der Waals surface area contributed by atoms with Gasteiger partial charge in [-0.15, -0.1) is 0 Å². The van der Waals surface area contributed by atoms with Gasteiger partial charge >= 0.3 is 5.97 Å². The van der Waals surface area contributed by atoms with Crippen LogP contribution < -0.4 is 0 Å². The monoisotopic (exact) mass is 1400 g/mol. The maximum absolute atomic E-state index is 13.6. The molecule has 540 valence electrons. The normalized spacial score (nSPS) is 24.9. The Morgan fingerprint density at radius 3 is 0.748 bits per heavy atom. The molecule has 9 aromatic carbocycles. The molecule has 12 rings (SSSR count). The summed E-state index contributed by atoms with van der Waals surface area (Å²) in [5, 5.41) is 0. The molecule has 3 heterocycles. The van der Waals surface area contributed by atoms with Crippen LogP contribution in [0.5, 0.6) is 0 Å². The lowest BCUT2D eigenvalue weighted by atomic mass is 9.93. The van der Waals surface area contributed by atoms with E-state index in [-0.39, 0.29) is 86.1 Å². The molecule has 0 spiro atoms. The number of carbonyl (C=O) groups excluding carboxylic acids is 1. The third kappa shape index (κ3) is 21.1. The summed E-state index contributed by atoms with van der Waals surface area (Å²) < 4.78 is 121. The van der Waals surface area contributed by atoms with Gasteiger partial charge in [-0.3, -0.25) is 4.79 Å². The second-order valence-corrected chi connectivity index (χ2v) is 25.7. The summed E-state index contributed by atoms with van der Waals surface area (Å²) in [6.45, 7) is 0.304. The van der Waals surface area contributed by atoms with Crippen molar-refractivity contribution in [3.8, 4) is 0 Å². The zero-order valence-electron chi connectivity index (χ0n) is 58.3. The molecule has 3 fully saturated rings. The second kappa shape index (κ2) is 38.5. The Morgan fingerprint density at radius 1 is 0.301 bits per heavy atom. The van der Waals surface area contributed by atoms with Gasteiger partial charge in [0.2, 0.25) is 17.4 Å². The lowest BCUT2D eigenvalue weighted by molar-refractivity contribution is -0.435. The predicted octanol–water partition coefficient (Wildman–Crippen LogP) is 13.7. The molecule has 9 aromatic rings. The third-order valence-electron chi connectivity index (χ3n) is 18.3. The van der Waals surface area contributed by atoms with Gasteiger partial charge in [0.05, 0.1) is 79.3 Å². The second-order valence-electron chi connectivity index (χ2n) is 25.7. The Bertz CT molecular complexity index is 3840. The fraction of sp³-hybridized carbons (Fsp3) is 0.353. The number of carbonyl (C=O) groups is 1. The van der Waals surface area contributed by atoms with Crippen molar-refractivity contribution in [1.29, 1.82) is 0 Å². The Kier molecular flexibility index (Phi) is 27.9. The fourth-order valence-electron chi connectivity index (χ4n) is 12.8. The molecule has 0 saturated carbocycles. The van der Waals surface area contributed by atoms with E-state index in [1.165, 1.54) is 14.0 Å². The molecule has 0 aliphatic carbocycles. The van der Waals surface area contributed by atoms with Gasteiger partial charge < -0.3 is 80.5 Å². The molecule has 0 aromatic heterocycles. The van der Waals surface area contributed by atoms with Crippen molar-refractivity contribution in [1.82, 2.24) is 0 Å². The summed E-state index contributed by atoms with van der Waals surface area (Å²) in [6.07, 6.45) is -8.86. The molecule has 12 atom stereocenters. The first-order chi connectivity index (χ1) is 50.7. The van der Waals surface area contributed by atoms with E-state index in [9.17, 15) is 4.79 Å². The number of esters is 1. The topological polar surface area (TPSA) is 174 Å². The van der Waals surface area contributed by atoms with Crippen molar-refractivity contribution in [2.75, 3.05) is 53.5 Å². The maximum Gasteiger partial charge on any atom is 0.302 e. The van der Waals surface area contributed by atoms with E-state index >= 15 is 0 Å². The van der Waals surface area contributed by atoms with E-state index in [2.05, 4.69) is 0 Å². The van der Waals surface area contributed by atoms with Crippen molar-refractivity contribution < 1.29 is 85.3 Å². The molecule has 18 heteroatoms. The SMILES string of the molecule is COCO[C@]1(CO[C@]2(CO[C@]3(COC(C)=O)OC[C@@H](OCc4ccccc4)[C@@H](OCc4ccccc4)[C@@H]3OCc3ccccc3)OC[C@@H](OCc3ccccc3)[C@@H](OCc3ccccc3)[C@@H]2OCc2ccccc2)OC[C@@H](OCc2ccccc2)[C@@H](OCc2ccccc2)[C@@H]1OCc1ccccc1. The summed E-state index contributed by atoms with van der Waals surface area (Å²) in [7, 11) is 1.53. The van der Waals surface area contributed by atoms with Crippen LogP contribution in [0.25, 0.3) is 0 Å². The molecule has 0 radical (unpaired) electrons. The van der Waals surface area contributed by atoms with Gasteiger partial charge in [-0.25, -0.2) is 0 Å². The summed E-state index contributed by atoms with van der Waals surface area (Å²) in [5.41, 5.74) is 7.99. The van der Waals surface area contributed by atoms with Gasteiger partial charge in [0.25, 0.3) is 0 Å². The van der Waals surface area contributed by atoms with Crippen molar-refractivity contribution in [2.24, 2.45) is 0 Å². The lowest BCUT2D eigenvalue weighted by Gasteiger charge is -2.54. The molecule has 0 unspecified atom stereocenters. The van der Waals surface area contributed by atoms with Crippen LogP contribution in [0.15, 0.2) is 273 Å². The van der Waals surface area contributed by atoms with Gasteiger partial charge in [-0.2, -0.15) is 0 Å². The van der Waals surface area contributed by atoms with Crippen LogP contribution in [-0.2, 0) is 145 Å². The highest BCUT2D eigenvalue weighted by atomic mass is 16.8. The van der Waals surface area contributed by atoms with Crippen LogP contribution in [0.4, 0.5) is 0 Å². The van der Waals surface area contributed by atoms with Crippen LogP contribution in [0.3, 0.4) is 0 Å². The quantitative estimate of drug-likeness (QED) is 0.0264. The zero-order valence-corrected chi connectivity index (χ0v) is 58.3. The van der Waals surface area contributed by atoms with Gasteiger partial charge in [-0.05, 0) is 50.1 Å². The number of methoxy groups -OCH3 is 1. The predicted molar refractivity (Wildman–Crippen MR) is 383 cm³/mol. The molecule has 18 nitrogen and oxygen atoms in total. The van der Waals surface area contributed by atoms with E-state index in [1.54, 1.807) is 0 Å². The van der Waals surface area contributed by atoms with Crippen LogP contribution in [0, 0.1) is 0 Å². The van der Waals surface area contributed by atoms with Crippen molar-refractivity contribution in [3.63, 3.8) is 0 Å². The van der Waals surface area contributed by atoms with E-state index in [0.29, 0.717) is 0 Å². The number of hydrogen-bond donors (Lipinski definition) is 0. The average Bonchev–Trinajstić information content (AvgIpc) is 0.750. The average molecular weight is 1400 g/mol. The Morgan fingerprint density at radius 2 is 0.515 bits per heavy atom. The first-order valence-electron chi connectivity index (χ1n) is 35.1. The first-order valence-corrected chi connectivity index (χ1v) is 35.1. The fourth-order valence-corrected chi connectivity index (χ4v) is 12.8. The van der Waals surface area contributed by atoms with Crippen LogP contribution in [-0.4, -0.2) is 132 Å². The molecular formula is C85H92O18. The highest BCUT2D eigenvalue weighted by molar-refractivity contribution is 5.66. The van der Waals surface area contributed by atoms with Crippen LogP contribution >= 0.6 is 0 Å². The Hall–Kier alpha value is -8.19. The highest BCUT2D eigenvalue weighted by Crippen LogP contribution is 2.43. The standard InChI is InChI=1S/C85H92O18/c1-64(86)97-60-83(80(94-54-71-42-24-9-25-43-71)77(91-51-68-36-18-6-19-37-68)74(57-98-83)88-48-65-30-12-3-13-31-65)101-61-84(81(95-55-72-44-26-10-27-45-72)78(92-52-69-38-20-7-21-39-69)75(58-99-84)89-49-66-32-14-4-15-33-66)102-62-85(103-63-87-2)82(96-56-73-46-28-11-29-47-73)79(93-53-70-40-22-8-23-41-70)76(59-100-85)90-50-67-34-16-5-17-35-67/h3-47,74-82H,48-63H2,1-2H3/t74-,75-,76-,77-,78-,79-,80+,81+,82+,83+,84+,85+/m1/s1. The number of benzene rings is 9. The van der Waals surface area contributed by atoms with Crippen molar-refractivity contribution in [3.05, 3.63) is 323 Å². The van der Waals surface area contributed by atoms with E-state index < -0.39 is 98.1 Å². The molecule has 3 aliphatic heterocycles. The van der Waals surface area contributed by atoms with Crippen LogP contribution in [0.2, 0.25) is 0 Å². The van der Waals surface area contributed by atoms with E-state index in [4.69, 9.17) is 80.5 Å². The molecule has 0 bridgehead atoms. The number of rotatable bonds is 38. The van der Waals surface area contributed by atoms with Gasteiger partial charge in [-0.1, -0.05) is 273 Å². The summed E-state index contributed by atoms with van der Waals surface area (Å²) in [6, 6.07) is 88.6. The van der Waals surface area contributed by atoms with Crippen molar-refractivity contribution >= 4 is 5.97 Å². The molecule has 0 N–H and O–H groups in total. The minimum atomic E-state index is -2.11. The van der Waals surface area contributed by atoms with E-state index in [0.717, 1.165) is 50.1 Å². The minimum absolute atomic E-state index is 0.0186.